The van der Waals surface area contributed by atoms with E-state index in [-0.39, 0.29) is 23.8 Å². The Balaban J connectivity index is 2.12. The van der Waals surface area contributed by atoms with Crippen molar-refractivity contribution >= 4 is 11.9 Å². The first-order chi connectivity index (χ1) is 14.6. The Morgan fingerprint density at radius 1 is 0.700 bits per heavy atom. The highest BCUT2D eigenvalue weighted by atomic mass is 16.5. The largest absolute Gasteiger partial charge is 0.465 e. The van der Waals surface area contributed by atoms with E-state index in [1.54, 1.807) is 0 Å². The molecule has 2 atom stereocenters. The molecular weight excluding hydrogens is 376 g/mol. The van der Waals surface area contributed by atoms with Crippen molar-refractivity contribution in [3.8, 4) is 0 Å². The highest BCUT2D eigenvalue weighted by Crippen LogP contribution is 2.32. The quantitative estimate of drug-likeness (QED) is 0.182. The Hall–Kier alpha value is -1.06. The Kier molecular flexibility index (Phi) is 15.8. The number of hydrogen-bond donors (Lipinski definition) is 0. The van der Waals surface area contributed by atoms with Crippen molar-refractivity contribution in [1.29, 1.82) is 0 Å². The smallest absolute Gasteiger partial charge is 0.309 e. The first kappa shape index (κ1) is 27.0. The summed E-state index contributed by atoms with van der Waals surface area (Å²) in [4.78, 5) is 25.0. The predicted octanol–water partition coefficient (Wildman–Crippen LogP) is 7.24. The van der Waals surface area contributed by atoms with Crippen LogP contribution in [0.15, 0.2) is 0 Å². The fraction of sp³-hybridized carbons (Fsp3) is 0.923. The van der Waals surface area contributed by atoms with Crippen molar-refractivity contribution < 1.29 is 19.1 Å². The molecule has 0 aromatic rings. The standard InChI is InChI=1S/C26H48O4/c1-4-5-6-7-8-9-10-11-12-13-16-20-29-25(27)23-17-14-15-18-24(23)26(28)30-21-19-22(2)3/h22-24H,4-21H2,1-3H3. The van der Waals surface area contributed by atoms with Crippen LogP contribution in [0.2, 0.25) is 0 Å². The Labute approximate surface area is 185 Å². The van der Waals surface area contributed by atoms with Crippen molar-refractivity contribution in [3.63, 3.8) is 0 Å². The number of ether oxygens (including phenoxy) is 2. The first-order valence-electron chi connectivity index (χ1n) is 12.9. The lowest BCUT2D eigenvalue weighted by Gasteiger charge is -2.28. The molecule has 1 fully saturated rings. The van der Waals surface area contributed by atoms with Crippen LogP contribution in [0.3, 0.4) is 0 Å². The molecule has 2 unspecified atom stereocenters. The molecule has 0 spiro atoms. The molecular formula is C26H48O4. The van der Waals surface area contributed by atoms with Gasteiger partial charge >= 0.3 is 11.9 Å². The van der Waals surface area contributed by atoms with Crippen molar-refractivity contribution in [2.45, 2.75) is 124 Å². The second-order valence-electron chi connectivity index (χ2n) is 9.55. The van der Waals surface area contributed by atoms with Crippen LogP contribution in [-0.4, -0.2) is 25.2 Å². The molecule has 0 aliphatic heterocycles. The van der Waals surface area contributed by atoms with Crippen LogP contribution in [-0.2, 0) is 19.1 Å². The summed E-state index contributed by atoms with van der Waals surface area (Å²) in [5.41, 5.74) is 0. The van der Waals surface area contributed by atoms with E-state index < -0.39 is 0 Å². The Morgan fingerprint density at radius 3 is 1.60 bits per heavy atom. The van der Waals surface area contributed by atoms with Crippen LogP contribution in [0.1, 0.15) is 124 Å². The zero-order valence-electron chi connectivity index (χ0n) is 20.1. The summed E-state index contributed by atoms with van der Waals surface area (Å²) in [6, 6.07) is 0. The molecule has 0 saturated heterocycles. The first-order valence-corrected chi connectivity index (χ1v) is 12.9. The SMILES string of the molecule is CCCCCCCCCCCCCOC(=O)C1CCCCC1C(=O)OCCC(C)C. The Bertz CT molecular complexity index is 446. The van der Waals surface area contributed by atoms with Gasteiger partial charge in [0, 0.05) is 0 Å². The topological polar surface area (TPSA) is 52.6 Å². The van der Waals surface area contributed by atoms with E-state index in [1.165, 1.54) is 57.8 Å². The van der Waals surface area contributed by atoms with E-state index in [1.807, 2.05) is 0 Å². The van der Waals surface area contributed by atoms with Gasteiger partial charge in [-0.05, 0) is 31.6 Å². The molecule has 30 heavy (non-hydrogen) atoms. The lowest BCUT2D eigenvalue weighted by molar-refractivity contribution is -0.163. The summed E-state index contributed by atoms with van der Waals surface area (Å²) in [6.07, 6.45) is 18.4. The molecule has 0 aromatic carbocycles. The van der Waals surface area contributed by atoms with E-state index in [0.717, 1.165) is 44.9 Å². The molecule has 0 N–H and O–H groups in total. The van der Waals surface area contributed by atoms with Crippen LogP contribution >= 0.6 is 0 Å². The van der Waals surface area contributed by atoms with Crippen LogP contribution in [0.25, 0.3) is 0 Å². The van der Waals surface area contributed by atoms with Gasteiger partial charge in [0.1, 0.15) is 0 Å². The molecule has 1 saturated carbocycles. The Morgan fingerprint density at radius 2 is 1.13 bits per heavy atom. The second kappa shape index (κ2) is 17.6. The minimum atomic E-state index is -0.310. The summed E-state index contributed by atoms with van der Waals surface area (Å²) in [5.74, 6) is -0.496. The van der Waals surface area contributed by atoms with Gasteiger partial charge in [-0.2, -0.15) is 0 Å². The monoisotopic (exact) mass is 424 g/mol. The van der Waals surface area contributed by atoms with Gasteiger partial charge in [-0.25, -0.2) is 0 Å². The van der Waals surface area contributed by atoms with Crippen molar-refractivity contribution in [3.05, 3.63) is 0 Å². The van der Waals surface area contributed by atoms with Gasteiger partial charge in [0.15, 0.2) is 0 Å². The lowest BCUT2D eigenvalue weighted by atomic mass is 9.79. The van der Waals surface area contributed by atoms with E-state index in [0.29, 0.717) is 19.1 Å². The van der Waals surface area contributed by atoms with Gasteiger partial charge in [-0.15, -0.1) is 0 Å². The molecule has 176 valence electrons. The summed E-state index contributed by atoms with van der Waals surface area (Å²) in [6.45, 7) is 7.43. The minimum absolute atomic E-state index is 0.187. The normalized spacial score (nSPS) is 19.1. The fourth-order valence-corrected chi connectivity index (χ4v) is 4.24. The van der Waals surface area contributed by atoms with Crippen LogP contribution < -0.4 is 0 Å². The van der Waals surface area contributed by atoms with E-state index in [2.05, 4.69) is 20.8 Å². The van der Waals surface area contributed by atoms with E-state index >= 15 is 0 Å². The second-order valence-corrected chi connectivity index (χ2v) is 9.55. The van der Waals surface area contributed by atoms with Crippen LogP contribution in [0, 0.1) is 17.8 Å². The molecule has 0 heterocycles. The number of unbranched alkanes of at least 4 members (excludes halogenated alkanes) is 10. The predicted molar refractivity (Wildman–Crippen MR) is 123 cm³/mol. The minimum Gasteiger partial charge on any atom is -0.465 e. The van der Waals surface area contributed by atoms with Gasteiger partial charge in [-0.1, -0.05) is 97.8 Å². The molecule has 4 nitrogen and oxygen atoms in total. The summed E-state index contributed by atoms with van der Waals surface area (Å²) < 4.78 is 11.0. The zero-order chi connectivity index (χ0) is 22.0. The number of rotatable bonds is 17. The highest BCUT2D eigenvalue weighted by Gasteiger charge is 2.37. The maximum absolute atomic E-state index is 12.5. The van der Waals surface area contributed by atoms with Crippen LogP contribution in [0.4, 0.5) is 0 Å². The number of hydrogen-bond acceptors (Lipinski definition) is 4. The van der Waals surface area contributed by atoms with Gasteiger partial charge < -0.3 is 9.47 Å². The average Bonchev–Trinajstić information content (AvgIpc) is 2.74. The summed E-state index contributed by atoms with van der Waals surface area (Å²) in [5, 5.41) is 0. The molecule has 4 heteroatoms. The molecule has 1 aliphatic rings. The summed E-state index contributed by atoms with van der Waals surface area (Å²) in [7, 11) is 0. The maximum Gasteiger partial charge on any atom is 0.309 e. The molecule has 0 radical (unpaired) electrons. The van der Waals surface area contributed by atoms with Gasteiger partial charge in [0.25, 0.3) is 0 Å². The number of carbonyl (C=O) groups excluding carboxylic acids is 2. The maximum atomic E-state index is 12.5. The third kappa shape index (κ3) is 12.6. The highest BCUT2D eigenvalue weighted by molar-refractivity contribution is 5.82. The molecule has 0 bridgehead atoms. The van der Waals surface area contributed by atoms with Gasteiger partial charge in [0.2, 0.25) is 0 Å². The molecule has 1 rings (SSSR count). The molecule has 0 amide bonds. The van der Waals surface area contributed by atoms with Crippen molar-refractivity contribution in [1.82, 2.24) is 0 Å². The van der Waals surface area contributed by atoms with E-state index in [9.17, 15) is 9.59 Å². The molecule has 1 aliphatic carbocycles. The summed E-state index contributed by atoms with van der Waals surface area (Å²) >= 11 is 0. The zero-order valence-corrected chi connectivity index (χ0v) is 20.1. The van der Waals surface area contributed by atoms with Gasteiger partial charge in [-0.3, -0.25) is 9.59 Å². The fourth-order valence-electron chi connectivity index (χ4n) is 4.24. The van der Waals surface area contributed by atoms with Crippen molar-refractivity contribution in [2.24, 2.45) is 17.8 Å². The van der Waals surface area contributed by atoms with E-state index in [4.69, 9.17) is 9.47 Å². The number of esters is 2. The van der Waals surface area contributed by atoms with Crippen LogP contribution in [0.5, 0.6) is 0 Å². The third-order valence-corrected chi connectivity index (χ3v) is 6.30. The van der Waals surface area contributed by atoms with Gasteiger partial charge in [0.05, 0.1) is 25.0 Å². The third-order valence-electron chi connectivity index (χ3n) is 6.30. The average molecular weight is 425 g/mol. The van der Waals surface area contributed by atoms with Crippen molar-refractivity contribution in [2.75, 3.05) is 13.2 Å². The lowest BCUT2D eigenvalue weighted by Crippen LogP contribution is -2.35. The molecule has 0 aromatic heterocycles. The number of carbonyl (C=O) groups is 2.